The normalized spacial score (nSPS) is 25.4. The molecule has 1 aromatic rings. The Morgan fingerprint density at radius 1 is 1.54 bits per heavy atom. The van der Waals surface area contributed by atoms with E-state index in [1.807, 2.05) is 12.1 Å². The summed E-state index contributed by atoms with van der Waals surface area (Å²) in [7, 11) is 0. The van der Waals surface area contributed by atoms with Crippen LogP contribution >= 0.6 is 0 Å². The van der Waals surface area contributed by atoms with Crippen LogP contribution in [0.3, 0.4) is 0 Å². The Hall–Kier alpha value is -1.18. The van der Waals surface area contributed by atoms with Gasteiger partial charge in [0, 0.05) is 11.2 Å². The maximum absolute atomic E-state index is 9.31. The molecule has 2 rings (SSSR count). The van der Waals surface area contributed by atoms with E-state index in [2.05, 4.69) is 19.2 Å². The van der Waals surface area contributed by atoms with Crippen LogP contribution in [0.1, 0.15) is 25.8 Å². The third-order valence-electron chi connectivity index (χ3n) is 2.89. The minimum absolute atomic E-state index is 0.177. The van der Waals surface area contributed by atoms with E-state index in [0.717, 1.165) is 12.8 Å². The fraction of sp³-hybridized carbons (Fsp3) is 0.455. The zero-order chi connectivity index (χ0) is 9.47. The standard InChI is InChI=1S/C11H15NO/c1-3-11(2)7-8-6-9(13)4-5-10(8)12-11/h4-6,12-13H,3,7H2,1-2H3. The number of phenols is 1. The Morgan fingerprint density at radius 3 is 3.00 bits per heavy atom. The van der Waals surface area contributed by atoms with Gasteiger partial charge in [-0.15, -0.1) is 0 Å². The molecule has 0 radical (unpaired) electrons. The zero-order valence-electron chi connectivity index (χ0n) is 8.09. The van der Waals surface area contributed by atoms with Crippen molar-refractivity contribution >= 4 is 5.69 Å². The number of hydrogen-bond acceptors (Lipinski definition) is 2. The molecule has 1 atom stereocenters. The van der Waals surface area contributed by atoms with Crippen LogP contribution in [0.5, 0.6) is 5.75 Å². The summed E-state index contributed by atoms with van der Waals surface area (Å²) in [6.45, 7) is 4.39. The van der Waals surface area contributed by atoms with Crippen LogP contribution in [0, 0.1) is 0 Å². The predicted molar refractivity (Wildman–Crippen MR) is 54.1 cm³/mol. The molecule has 0 fully saturated rings. The molecular formula is C11H15NO. The minimum atomic E-state index is 0.177. The molecule has 13 heavy (non-hydrogen) atoms. The summed E-state index contributed by atoms with van der Waals surface area (Å²) in [5.74, 6) is 0.362. The summed E-state index contributed by atoms with van der Waals surface area (Å²) in [6, 6.07) is 5.53. The number of fused-ring (bicyclic) bond motifs is 1. The second-order valence-corrected chi connectivity index (χ2v) is 4.06. The summed E-state index contributed by atoms with van der Waals surface area (Å²) in [5.41, 5.74) is 2.57. The van der Waals surface area contributed by atoms with Crippen LogP contribution in [0.25, 0.3) is 0 Å². The molecule has 1 aliphatic rings. The lowest BCUT2D eigenvalue weighted by molar-refractivity contribution is 0.473. The molecule has 0 bridgehead atoms. The van der Waals surface area contributed by atoms with Gasteiger partial charge in [-0.05, 0) is 43.5 Å². The molecule has 70 valence electrons. The molecule has 0 amide bonds. The molecule has 0 saturated heterocycles. The van der Waals surface area contributed by atoms with Crippen molar-refractivity contribution in [2.75, 3.05) is 5.32 Å². The van der Waals surface area contributed by atoms with E-state index < -0.39 is 0 Å². The maximum atomic E-state index is 9.31. The lowest BCUT2D eigenvalue weighted by Crippen LogP contribution is -2.30. The van der Waals surface area contributed by atoms with Crippen molar-refractivity contribution < 1.29 is 5.11 Å². The first-order valence-corrected chi connectivity index (χ1v) is 4.73. The summed E-state index contributed by atoms with van der Waals surface area (Å²) in [6.07, 6.45) is 2.11. The van der Waals surface area contributed by atoms with Gasteiger partial charge in [0.2, 0.25) is 0 Å². The molecular weight excluding hydrogens is 162 g/mol. The highest BCUT2D eigenvalue weighted by Gasteiger charge is 2.30. The number of benzene rings is 1. The minimum Gasteiger partial charge on any atom is -0.508 e. The van der Waals surface area contributed by atoms with Crippen LogP contribution < -0.4 is 5.32 Å². The second kappa shape index (κ2) is 2.66. The number of rotatable bonds is 1. The average molecular weight is 177 g/mol. The molecule has 1 unspecified atom stereocenters. The zero-order valence-corrected chi connectivity index (χ0v) is 8.09. The number of aromatic hydroxyl groups is 1. The van der Waals surface area contributed by atoms with E-state index >= 15 is 0 Å². The van der Waals surface area contributed by atoms with Crippen LogP contribution in [0.4, 0.5) is 5.69 Å². The maximum Gasteiger partial charge on any atom is 0.116 e. The van der Waals surface area contributed by atoms with Gasteiger partial charge in [0.25, 0.3) is 0 Å². The van der Waals surface area contributed by atoms with Gasteiger partial charge in [0.15, 0.2) is 0 Å². The Labute approximate surface area is 78.6 Å². The summed E-state index contributed by atoms with van der Waals surface area (Å²) < 4.78 is 0. The van der Waals surface area contributed by atoms with E-state index in [0.29, 0.717) is 5.75 Å². The lowest BCUT2D eigenvalue weighted by Gasteiger charge is -2.22. The van der Waals surface area contributed by atoms with Gasteiger partial charge < -0.3 is 10.4 Å². The van der Waals surface area contributed by atoms with E-state index in [1.54, 1.807) is 6.07 Å². The molecule has 2 heteroatoms. The molecule has 2 N–H and O–H groups in total. The third kappa shape index (κ3) is 1.37. The summed E-state index contributed by atoms with van der Waals surface area (Å²) in [4.78, 5) is 0. The van der Waals surface area contributed by atoms with E-state index in [9.17, 15) is 5.11 Å². The van der Waals surface area contributed by atoms with Gasteiger partial charge in [0.1, 0.15) is 5.75 Å². The Bertz CT molecular complexity index is 335. The van der Waals surface area contributed by atoms with E-state index in [4.69, 9.17) is 0 Å². The number of hydrogen-bond donors (Lipinski definition) is 2. The van der Waals surface area contributed by atoms with Crippen molar-refractivity contribution in [3.8, 4) is 5.75 Å². The molecule has 1 aliphatic heterocycles. The van der Waals surface area contributed by atoms with Crippen LogP contribution in [-0.4, -0.2) is 10.6 Å². The molecule has 0 aromatic heterocycles. The second-order valence-electron chi connectivity index (χ2n) is 4.06. The summed E-state index contributed by atoms with van der Waals surface area (Å²) in [5, 5.41) is 12.8. The smallest absolute Gasteiger partial charge is 0.116 e. The van der Waals surface area contributed by atoms with Gasteiger partial charge in [-0.25, -0.2) is 0 Å². The topological polar surface area (TPSA) is 32.3 Å². The van der Waals surface area contributed by atoms with E-state index in [1.165, 1.54) is 11.3 Å². The lowest BCUT2D eigenvalue weighted by atomic mass is 9.95. The molecule has 1 heterocycles. The first-order valence-electron chi connectivity index (χ1n) is 4.73. The van der Waals surface area contributed by atoms with Gasteiger partial charge >= 0.3 is 0 Å². The molecule has 0 spiro atoms. The third-order valence-corrected chi connectivity index (χ3v) is 2.89. The highest BCUT2D eigenvalue weighted by Crippen LogP contribution is 2.35. The molecule has 1 aromatic carbocycles. The van der Waals surface area contributed by atoms with Crippen molar-refractivity contribution in [3.05, 3.63) is 23.8 Å². The number of nitrogens with one attached hydrogen (secondary N) is 1. The van der Waals surface area contributed by atoms with E-state index in [-0.39, 0.29) is 5.54 Å². The summed E-state index contributed by atoms with van der Waals surface area (Å²) >= 11 is 0. The van der Waals surface area contributed by atoms with Crippen LogP contribution in [0.15, 0.2) is 18.2 Å². The number of anilines is 1. The van der Waals surface area contributed by atoms with Crippen molar-refractivity contribution in [2.24, 2.45) is 0 Å². The highest BCUT2D eigenvalue weighted by atomic mass is 16.3. The quantitative estimate of drug-likeness (QED) is 0.646. The Balaban J connectivity index is 2.35. The van der Waals surface area contributed by atoms with Gasteiger partial charge in [-0.3, -0.25) is 0 Å². The Kier molecular flexibility index (Phi) is 1.72. The van der Waals surface area contributed by atoms with Gasteiger partial charge in [-0.1, -0.05) is 6.92 Å². The largest absolute Gasteiger partial charge is 0.508 e. The molecule has 0 aliphatic carbocycles. The van der Waals surface area contributed by atoms with Gasteiger partial charge in [-0.2, -0.15) is 0 Å². The first-order chi connectivity index (χ1) is 6.13. The highest BCUT2D eigenvalue weighted by molar-refractivity contribution is 5.60. The van der Waals surface area contributed by atoms with Crippen molar-refractivity contribution in [3.63, 3.8) is 0 Å². The fourth-order valence-electron chi connectivity index (χ4n) is 1.85. The molecule has 2 nitrogen and oxygen atoms in total. The average Bonchev–Trinajstić information content (AvgIpc) is 2.42. The number of phenolic OH excluding ortho intramolecular Hbond substituents is 1. The van der Waals surface area contributed by atoms with Gasteiger partial charge in [0.05, 0.1) is 0 Å². The fourth-order valence-corrected chi connectivity index (χ4v) is 1.85. The van der Waals surface area contributed by atoms with Crippen LogP contribution in [-0.2, 0) is 6.42 Å². The van der Waals surface area contributed by atoms with Crippen molar-refractivity contribution in [1.82, 2.24) is 0 Å². The molecule has 0 saturated carbocycles. The van der Waals surface area contributed by atoms with Crippen molar-refractivity contribution in [1.29, 1.82) is 0 Å². The first kappa shape index (κ1) is 8.42. The predicted octanol–water partition coefficient (Wildman–Crippen LogP) is 2.53. The van der Waals surface area contributed by atoms with Crippen molar-refractivity contribution in [2.45, 2.75) is 32.2 Å². The monoisotopic (exact) mass is 177 g/mol. The van der Waals surface area contributed by atoms with Crippen LogP contribution in [0.2, 0.25) is 0 Å². The Morgan fingerprint density at radius 2 is 2.31 bits per heavy atom. The SMILES string of the molecule is CCC1(C)Cc2cc(O)ccc2N1.